The first-order valence-electron chi connectivity index (χ1n) is 9.43. The van der Waals surface area contributed by atoms with Crippen molar-refractivity contribution in [2.75, 3.05) is 26.2 Å². The summed E-state index contributed by atoms with van der Waals surface area (Å²) in [7, 11) is 0. The molecule has 1 aliphatic carbocycles. The first-order chi connectivity index (χ1) is 11.1. The summed E-state index contributed by atoms with van der Waals surface area (Å²) in [6, 6.07) is 0.321. The second-order valence-corrected chi connectivity index (χ2v) is 7.68. The fourth-order valence-electron chi connectivity index (χ4n) is 4.37. The highest BCUT2D eigenvalue weighted by atomic mass is 16.2. The van der Waals surface area contributed by atoms with Gasteiger partial charge in [0, 0.05) is 19.0 Å². The van der Waals surface area contributed by atoms with Crippen molar-refractivity contribution >= 4 is 11.8 Å². The molecule has 0 unspecified atom stereocenters. The predicted molar refractivity (Wildman–Crippen MR) is 90.0 cm³/mol. The molecule has 0 aromatic carbocycles. The average molecular weight is 321 g/mol. The van der Waals surface area contributed by atoms with Crippen LogP contribution in [0.3, 0.4) is 0 Å². The van der Waals surface area contributed by atoms with E-state index in [0.29, 0.717) is 25.4 Å². The standard InChI is InChI=1S/C18H31N3O2/c1-18(17(23)19-15-7-2-3-8-15)10-9-16(22)21(18)14-6-13-20-11-4-5-12-20/h15H,2-14H2,1H3,(H,19,23)/t18-/m1/s1. The van der Waals surface area contributed by atoms with Crippen molar-refractivity contribution in [3.8, 4) is 0 Å². The molecule has 2 saturated heterocycles. The van der Waals surface area contributed by atoms with Gasteiger partial charge in [0.15, 0.2) is 0 Å². The monoisotopic (exact) mass is 321 g/mol. The Morgan fingerprint density at radius 3 is 2.57 bits per heavy atom. The van der Waals surface area contributed by atoms with E-state index in [1.54, 1.807) is 0 Å². The summed E-state index contributed by atoms with van der Waals surface area (Å²) in [5.41, 5.74) is -0.634. The van der Waals surface area contributed by atoms with E-state index in [0.717, 1.165) is 25.8 Å². The summed E-state index contributed by atoms with van der Waals surface area (Å²) in [5.74, 6) is 0.215. The Morgan fingerprint density at radius 1 is 1.17 bits per heavy atom. The van der Waals surface area contributed by atoms with Gasteiger partial charge in [-0.05, 0) is 65.1 Å². The quantitative estimate of drug-likeness (QED) is 0.813. The van der Waals surface area contributed by atoms with Crippen LogP contribution in [0.5, 0.6) is 0 Å². The lowest BCUT2D eigenvalue weighted by atomic mass is 9.96. The third-order valence-corrected chi connectivity index (χ3v) is 5.96. The van der Waals surface area contributed by atoms with Gasteiger partial charge in [0.1, 0.15) is 5.54 Å². The second kappa shape index (κ2) is 7.20. The lowest BCUT2D eigenvalue weighted by molar-refractivity contribution is -0.141. The molecule has 3 fully saturated rings. The summed E-state index contributed by atoms with van der Waals surface area (Å²) in [4.78, 5) is 29.4. The van der Waals surface area contributed by atoms with Crippen molar-refractivity contribution < 1.29 is 9.59 Å². The highest BCUT2D eigenvalue weighted by Gasteiger charge is 2.47. The minimum Gasteiger partial charge on any atom is -0.351 e. The van der Waals surface area contributed by atoms with Crippen molar-refractivity contribution in [1.29, 1.82) is 0 Å². The van der Waals surface area contributed by atoms with Crippen molar-refractivity contribution in [3.63, 3.8) is 0 Å². The van der Waals surface area contributed by atoms with Gasteiger partial charge >= 0.3 is 0 Å². The molecule has 1 atom stereocenters. The van der Waals surface area contributed by atoms with Gasteiger partial charge in [0.25, 0.3) is 0 Å². The fourth-order valence-corrected chi connectivity index (χ4v) is 4.37. The zero-order valence-electron chi connectivity index (χ0n) is 14.5. The van der Waals surface area contributed by atoms with Crippen molar-refractivity contribution in [3.05, 3.63) is 0 Å². The lowest BCUT2D eigenvalue weighted by Crippen LogP contribution is -2.56. The summed E-state index contributed by atoms with van der Waals surface area (Å²) in [6.45, 7) is 6.09. The summed E-state index contributed by atoms with van der Waals surface area (Å²) >= 11 is 0. The summed E-state index contributed by atoms with van der Waals surface area (Å²) in [6.07, 6.45) is 9.33. The zero-order chi connectivity index (χ0) is 16.3. The summed E-state index contributed by atoms with van der Waals surface area (Å²) in [5, 5.41) is 3.20. The fraction of sp³-hybridized carbons (Fsp3) is 0.889. The van der Waals surface area contributed by atoms with Gasteiger partial charge in [-0.3, -0.25) is 9.59 Å². The number of hydrogen-bond donors (Lipinski definition) is 1. The molecule has 1 saturated carbocycles. The van der Waals surface area contributed by atoms with E-state index in [2.05, 4.69) is 10.2 Å². The number of nitrogens with one attached hydrogen (secondary N) is 1. The van der Waals surface area contributed by atoms with Crippen LogP contribution in [0, 0.1) is 0 Å². The molecule has 0 bridgehead atoms. The highest BCUT2D eigenvalue weighted by molar-refractivity contribution is 5.94. The molecule has 5 heteroatoms. The van der Waals surface area contributed by atoms with Gasteiger partial charge in [-0.25, -0.2) is 0 Å². The predicted octanol–water partition coefficient (Wildman–Crippen LogP) is 1.91. The maximum atomic E-state index is 12.8. The van der Waals surface area contributed by atoms with Gasteiger partial charge in [-0.1, -0.05) is 12.8 Å². The van der Waals surface area contributed by atoms with Crippen LogP contribution in [0.4, 0.5) is 0 Å². The van der Waals surface area contributed by atoms with Gasteiger partial charge < -0.3 is 15.1 Å². The molecule has 130 valence electrons. The van der Waals surface area contributed by atoms with E-state index in [4.69, 9.17) is 0 Å². The first-order valence-corrected chi connectivity index (χ1v) is 9.43. The number of likely N-dealkylation sites (tertiary alicyclic amines) is 2. The Labute approximate surface area is 139 Å². The first kappa shape index (κ1) is 16.7. The molecule has 0 aromatic heterocycles. The van der Waals surface area contributed by atoms with Crippen LogP contribution in [-0.2, 0) is 9.59 Å². The number of hydrogen-bond acceptors (Lipinski definition) is 3. The van der Waals surface area contributed by atoms with Crippen LogP contribution in [0.2, 0.25) is 0 Å². The van der Waals surface area contributed by atoms with Crippen molar-refractivity contribution in [1.82, 2.24) is 15.1 Å². The molecule has 5 nitrogen and oxygen atoms in total. The number of amides is 2. The third kappa shape index (κ3) is 3.70. The molecule has 1 N–H and O–H groups in total. The molecule has 3 rings (SSSR count). The average Bonchev–Trinajstić information content (AvgIpc) is 3.26. The van der Waals surface area contributed by atoms with Gasteiger partial charge in [0.05, 0.1) is 0 Å². The molecular formula is C18H31N3O2. The van der Waals surface area contributed by atoms with Crippen molar-refractivity contribution in [2.45, 2.75) is 76.3 Å². The van der Waals surface area contributed by atoms with Gasteiger partial charge in [-0.2, -0.15) is 0 Å². The van der Waals surface area contributed by atoms with E-state index < -0.39 is 5.54 Å². The maximum absolute atomic E-state index is 12.8. The zero-order valence-corrected chi connectivity index (χ0v) is 14.5. The SMILES string of the molecule is C[C@]1(C(=O)NC2CCCC2)CCC(=O)N1CCCN1CCCC1. The molecule has 0 aromatic rings. The molecule has 0 spiro atoms. The largest absolute Gasteiger partial charge is 0.351 e. The normalized spacial score (nSPS) is 29.6. The Morgan fingerprint density at radius 2 is 1.87 bits per heavy atom. The van der Waals surface area contributed by atoms with Crippen LogP contribution in [0.1, 0.15) is 64.7 Å². The number of nitrogens with zero attached hydrogens (tertiary/aromatic N) is 2. The van der Waals surface area contributed by atoms with Crippen molar-refractivity contribution in [2.24, 2.45) is 0 Å². The van der Waals surface area contributed by atoms with E-state index in [1.165, 1.54) is 38.8 Å². The highest BCUT2D eigenvalue weighted by Crippen LogP contribution is 2.31. The van der Waals surface area contributed by atoms with Gasteiger partial charge in [-0.15, -0.1) is 0 Å². The van der Waals surface area contributed by atoms with Crippen LogP contribution < -0.4 is 5.32 Å². The molecule has 23 heavy (non-hydrogen) atoms. The van der Waals surface area contributed by atoms with E-state index in [9.17, 15) is 9.59 Å². The molecule has 0 radical (unpaired) electrons. The number of rotatable bonds is 6. The molecule has 3 aliphatic rings. The van der Waals surface area contributed by atoms with E-state index in [1.807, 2.05) is 11.8 Å². The number of carbonyl (C=O) groups excluding carboxylic acids is 2. The van der Waals surface area contributed by atoms with E-state index in [-0.39, 0.29) is 11.8 Å². The molecular weight excluding hydrogens is 290 g/mol. The number of carbonyl (C=O) groups is 2. The summed E-state index contributed by atoms with van der Waals surface area (Å²) < 4.78 is 0. The Kier molecular flexibility index (Phi) is 5.24. The Hall–Kier alpha value is -1.10. The maximum Gasteiger partial charge on any atom is 0.245 e. The molecule has 2 amide bonds. The lowest BCUT2D eigenvalue weighted by Gasteiger charge is -2.35. The second-order valence-electron chi connectivity index (χ2n) is 7.68. The Balaban J connectivity index is 1.54. The minimum absolute atomic E-state index is 0.0661. The third-order valence-electron chi connectivity index (χ3n) is 5.96. The van der Waals surface area contributed by atoms with Crippen LogP contribution in [-0.4, -0.2) is 59.4 Å². The minimum atomic E-state index is -0.634. The Bertz CT molecular complexity index is 442. The van der Waals surface area contributed by atoms with E-state index >= 15 is 0 Å². The van der Waals surface area contributed by atoms with Crippen LogP contribution >= 0.6 is 0 Å². The molecule has 2 heterocycles. The topological polar surface area (TPSA) is 52.7 Å². The van der Waals surface area contributed by atoms with Crippen LogP contribution in [0.25, 0.3) is 0 Å². The smallest absolute Gasteiger partial charge is 0.245 e. The van der Waals surface area contributed by atoms with Gasteiger partial charge in [0.2, 0.25) is 11.8 Å². The molecule has 2 aliphatic heterocycles. The van der Waals surface area contributed by atoms with Crippen LogP contribution in [0.15, 0.2) is 0 Å².